The maximum atomic E-state index is 12.4. The molecule has 0 saturated carbocycles. The number of hydrogen-bond donors (Lipinski definition) is 2. The highest BCUT2D eigenvalue weighted by Crippen LogP contribution is 2.29. The largest absolute Gasteiger partial charge is 0.477 e. The third-order valence-electron chi connectivity index (χ3n) is 2.53. The molecule has 1 aromatic heterocycles. The van der Waals surface area contributed by atoms with Gasteiger partial charge in [-0.15, -0.1) is 11.3 Å². The van der Waals surface area contributed by atoms with Crippen LogP contribution in [0.1, 0.15) is 25.6 Å². The molecule has 2 rings (SSSR count). The van der Waals surface area contributed by atoms with Gasteiger partial charge >= 0.3 is 12.1 Å². The fraction of sp³-hybridized carbons (Fsp3) is 0.0769. The first-order valence-electron chi connectivity index (χ1n) is 5.59. The van der Waals surface area contributed by atoms with Crippen molar-refractivity contribution in [1.29, 1.82) is 0 Å². The Morgan fingerprint density at radius 2 is 1.67 bits per heavy atom. The van der Waals surface area contributed by atoms with Gasteiger partial charge in [0.05, 0.1) is 10.6 Å². The van der Waals surface area contributed by atoms with Crippen molar-refractivity contribution in [3.63, 3.8) is 0 Å². The van der Waals surface area contributed by atoms with E-state index in [2.05, 4.69) is 5.32 Å². The number of hydrogen-bond acceptors (Lipinski definition) is 3. The predicted octanol–water partition coefficient (Wildman–Crippen LogP) is 3.72. The molecular weight excluding hydrogens is 307 g/mol. The fourth-order valence-electron chi connectivity index (χ4n) is 1.51. The van der Waals surface area contributed by atoms with Crippen LogP contribution in [0.2, 0.25) is 0 Å². The summed E-state index contributed by atoms with van der Waals surface area (Å²) in [6.45, 7) is 0. The van der Waals surface area contributed by atoms with Gasteiger partial charge in [-0.1, -0.05) is 0 Å². The number of carbonyl (C=O) groups excluding carboxylic acids is 1. The number of anilines is 1. The van der Waals surface area contributed by atoms with E-state index in [9.17, 15) is 22.8 Å². The summed E-state index contributed by atoms with van der Waals surface area (Å²) in [7, 11) is 0. The van der Waals surface area contributed by atoms with Crippen LogP contribution in [-0.2, 0) is 6.18 Å². The van der Waals surface area contributed by atoms with Crippen molar-refractivity contribution in [2.45, 2.75) is 6.18 Å². The summed E-state index contributed by atoms with van der Waals surface area (Å²) in [6, 6.07) is 6.48. The van der Waals surface area contributed by atoms with E-state index in [1.165, 1.54) is 12.1 Å². The lowest BCUT2D eigenvalue weighted by molar-refractivity contribution is -0.137. The lowest BCUT2D eigenvalue weighted by atomic mass is 10.1. The second-order valence-electron chi connectivity index (χ2n) is 4.00. The van der Waals surface area contributed by atoms with E-state index in [1.54, 1.807) is 0 Å². The summed E-state index contributed by atoms with van der Waals surface area (Å²) in [5, 5.41) is 11.5. The molecule has 2 aromatic rings. The molecule has 0 fully saturated rings. The van der Waals surface area contributed by atoms with Crippen LogP contribution in [0.15, 0.2) is 36.4 Å². The quantitative estimate of drug-likeness (QED) is 0.907. The zero-order chi connectivity index (χ0) is 15.6. The average molecular weight is 315 g/mol. The monoisotopic (exact) mass is 315 g/mol. The molecule has 8 heteroatoms. The van der Waals surface area contributed by atoms with Crippen LogP contribution in [0.5, 0.6) is 0 Å². The number of carboxylic acid groups (broad SMARTS) is 1. The van der Waals surface area contributed by atoms with Gasteiger partial charge in [-0.25, -0.2) is 4.79 Å². The number of nitrogens with one attached hydrogen (secondary N) is 1. The number of alkyl halides is 3. The number of thiophene rings is 1. The summed E-state index contributed by atoms with van der Waals surface area (Å²) in [6.07, 6.45) is -4.46. The molecule has 0 unspecified atom stereocenters. The van der Waals surface area contributed by atoms with E-state index in [1.807, 2.05) is 0 Å². The zero-order valence-electron chi connectivity index (χ0n) is 10.3. The molecule has 1 amide bonds. The molecule has 0 spiro atoms. The molecule has 4 nitrogen and oxygen atoms in total. The Morgan fingerprint density at radius 1 is 1.05 bits per heavy atom. The van der Waals surface area contributed by atoms with Crippen LogP contribution in [0.4, 0.5) is 18.2 Å². The zero-order valence-corrected chi connectivity index (χ0v) is 11.1. The summed E-state index contributed by atoms with van der Waals surface area (Å²) in [5.74, 6) is -1.72. The number of carboxylic acids is 1. The van der Waals surface area contributed by atoms with Crippen molar-refractivity contribution in [2.24, 2.45) is 0 Å². The van der Waals surface area contributed by atoms with Crippen LogP contribution in [0, 0.1) is 0 Å². The van der Waals surface area contributed by atoms with Gasteiger partial charge in [0.1, 0.15) is 4.88 Å². The van der Waals surface area contributed by atoms with Gasteiger partial charge in [-0.3, -0.25) is 4.79 Å². The minimum absolute atomic E-state index is 0.0493. The first-order chi connectivity index (χ1) is 9.77. The summed E-state index contributed by atoms with van der Waals surface area (Å²) in [5.41, 5.74) is -0.795. The van der Waals surface area contributed by atoms with E-state index < -0.39 is 23.6 Å². The first-order valence-corrected chi connectivity index (χ1v) is 6.41. The molecular formula is C13H8F3NO3S. The van der Waals surface area contributed by atoms with Crippen molar-refractivity contribution >= 4 is 28.2 Å². The highest BCUT2D eigenvalue weighted by Gasteiger charge is 2.30. The fourth-order valence-corrected chi connectivity index (χ4v) is 2.25. The Bertz CT molecular complexity index is 677. The molecule has 2 N–H and O–H groups in total. The van der Waals surface area contributed by atoms with E-state index in [4.69, 9.17) is 5.11 Å². The van der Waals surface area contributed by atoms with E-state index in [0.717, 1.165) is 35.6 Å². The topological polar surface area (TPSA) is 66.4 Å². The minimum Gasteiger partial charge on any atom is -0.477 e. The Labute approximate surface area is 120 Å². The number of rotatable bonds is 3. The molecule has 1 aromatic carbocycles. The Kier molecular flexibility index (Phi) is 3.99. The van der Waals surface area contributed by atoms with Gasteiger partial charge in [0.15, 0.2) is 0 Å². The first kappa shape index (κ1) is 15.0. The molecule has 0 radical (unpaired) electrons. The molecule has 0 saturated heterocycles. The summed E-state index contributed by atoms with van der Waals surface area (Å²) >= 11 is 0.860. The number of halogens is 3. The van der Waals surface area contributed by atoms with Gasteiger partial charge in [0, 0.05) is 5.56 Å². The third-order valence-corrected chi connectivity index (χ3v) is 3.52. The number of benzene rings is 1. The normalized spacial score (nSPS) is 11.2. The van der Waals surface area contributed by atoms with Crippen molar-refractivity contribution in [2.75, 3.05) is 5.32 Å². The molecule has 0 aliphatic rings. The van der Waals surface area contributed by atoms with Gasteiger partial charge in [0.25, 0.3) is 5.91 Å². The molecule has 1 heterocycles. The minimum atomic E-state index is -4.46. The van der Waals surface area contributed by atoms with Crippen LogP contribution < -0.4 is 5.32 Å². The second kappa shape index (κ2) is 5.57. The number of amides is 1. The molecule has 0 atom stereocenters. The maximum absolute atomic E-state index is 12.4. The Morgan fingerprint density at radius 3 is 2.14 bits per heavy atom. The summed E-state index contributed by atoms with van der Waals surface area (Å²) in [4.78, 5) is 22.6. The molecule has 110 valence electrons. The molecule has 21 heavy (non-hydrogen) atoms. The number of aromatic carboxylic acids is 1. The van der Waals surface area contributed by atoms with E-state index in [-0.39, 0.29) is 10.4 Å². The maximum Gasteiger partial charge on any atom is 0.416 e. The third kappa shape index (κ3) is 3.60. The summed E-state index contributed by atoms with van der Waals surface area (Å²) < 4.78 is 37.2. The van der Waals surface area contributed by atoms with E-state index >= 15 is 0 Å². The predicted molar refractivity (Wildman–Crippen MR) is 70.7 cm³/mol. The van der Waals surface area contributed by atoms with Crippen LogP contribution in [-0.4, -0.2) is 17.0 Å². The standard InChI is InChI=1S/C13H8F3NO3S/c14-13(15,16)8-3-1-7(2-4-8)11(18)17-10-6-5-9(21-10)12(19)20/h1-6H,(H,17,18)(H,19,20). The molecule has 0 bridgehead atoms. The Hall–Kier alpha value is -2.35. The highest BCUT2D eigenvalue weighted by molar-refractivity contribution is 7.18. The van der Waals surface area contributed by atoms with Gasteiger partial charge in [-0.05, 0) is 36.4 Å². The lowest BCUT2D eigenvalue weighted by Gasteiger charge is -2.07. The molecule has 0 aliphatic carbocycles. The molecule has 0 aliphatic heterocycles. The SMILES string of the molecule is O=C(Nc1ccc(C(=O)O)s1)c1ccc(C(F)(F)F)cc1. The van der Waals surface area contributed by atoms with Crippen molar-refractivity contribution < 1.29 is 27.9 Å². The smallest absolute Gasteiger partial charge is 0.416 e. The van der Waals surface area contributed by atoms with Crippen molar-refractivity contribution in [1.82, 2.24) is 0 Å². The van der Waals surface area contributed by atoms with Crippen molar-refractivity contribution in [3.8, 4) is 0 Å². The highest BCUT2D eigenvalue weighted by atomic mass is 32.1. The van der Waals surface area contributed by atoms with Crippen LogP contribution in [0.3, 0.4) is 0 Å². The van der Waals surface area contributed by atoms with Crippen LogP contribution >= 0.6 is 11.3 Å². The number of carbonyl (C=O) groups is 2. The Balaban J connectivity index is 2.11. The average Bonchev–Trinajstić information content (AvgIpc) is 2.86. The van der Waals surface area contributed by atoms with E-state index in [0.29, 0.717) is 5.00 Å². The van der Waals surface area contributed by atoms with Crippen LogP contribution in [0.25, 0.3) is 0 Å². The second-order valence-corrected chi connectivity index (χ2v) is 5.08. The van der Waals surface area contributed by atoms with Gasteiger partial charge in [0.2, 0.25) is 0 Å². The lowest BCUT2D eigenvalue weighted by Crippen LogP contribution is -2.12. The van der Waals surface area contributed by atoms with Crippen molar-refractivity contribution in [3.05, 3.63) is 52.4 Å². The van der Waals surface area contributed by atoms with Gasteiger partial charge < -0.3 is 10.4 Å². The van der Waals surface area contributed by atoms with Gasteiger partial charge in [-0.2, -0.15) is 13.2 Å².